The van der Waals surface area contributed by atoms with E-state index in [4.69, 9.17) is 9.47 Å². The van der Waals surface area contributed by atoms with Gasteiger partial charge in [-0.05, 0) is 48.6 Å². The molecule has 2 amide bonds. The van der Waals surface area contributed by atoms with E-state index in [1.807, 2.05) is 30.3 Å². The summed E-state index contributed by atoms with van der Waals surface area (Å²) in [6, 6.07) is 14.7. The maximum Gasteiger partial charge on any atom is 0.276 e. The molecule has 0 aromatic heterocycles. The van der Waals surface area contributed by atoms with Crippen molar-refractivity contribution in [3.05, 3.63) is 59.7 Å². The largest absolute Gasteiger partial charge is 0.493 e. The van der Waals surface area contributed by atoms with E-state index in [1.54, 1.807) is 18.2 Å². The molecular weight excluding hydrogens is 380 g/mol. The Morgan fingerprint density at radius 2 is 1.67 bits per heavy atom. The molecule has 2 N–H and O–H groups in total. The molecule has 1 atom stereocenters. The molecule has 2 aromatic rings. The van der Waals surface area contributed by atoms with E-state index in [0.29, 0.717) is 29.6 Å². The van der Waals surface area contributed by atoms with Crippen LogP contribution in [0, 0.1) is 0 Å². The Morgan fingerprint density at radius 1 is 0.933 bits per heavy atom. The Hall–Kier alpha value is -3.02. The third-order valence-electron chi connectivity index (χ3n) is 4.88. The molecule has 162 valence electrons. The minimum atomic E-state index is -0.448. The minimum absolute atomic E-state index is 0.196. The highest BCUT2D eigenvalue weighted by Crippen LogP contribution is 2.21. The van der Waals surface area contributed by atoms with Crippen molar-refractivity contribution in [1.82, 2.24) is 10.9 Å². The van der Waals surface area contributed by atoms with E-state index in [2.05, 4.69) is 31.6 Å². The van der Waals surface area contributed by atoms with Crippen molar-refractivity contribution in [2.24, 2.45) is 0 Å². The summed E-state index contributed by atoms with van der Waals surface area (Å²) in [6.45, 7) is 6.78. The lowest BCUT2D eigenvalue weighted by Gasteiger charge is -2.13. The second kappa shape index (κ2) is 12.5. The van der Waals surface area contributed by atoms with E-state index in [0.717, 1.165) is 25.7 Å². The standard InChI is InChI=1S/C24H32N2O4/c1-4-6-9-16-29-22-11-8-7-10-21(22)24(28)26-25-23(27)17-30-20-14-12-19(13-15-20)18(3)5-2/h7-8,10-15,18H,4-6,9,16-17H2,1-3H3,(H,25,27)(H,26,28)/t18-/m0/s1. The summed E-state index contributed by atoms with van der Waals surface area (Å²) in [5.41, 5.74) is 6.39. The van der Waals surface area contributed by atoms with Crippen molar-refractivity contribution in [2.75, 3.05) is 13.2 Å². The molecule has 0 aliphatic carbocycles. The molecular formula is C24H32N2O4. The highest BCUT2D eigenvalue weighted by atomic mass is 16.5. The SMILES string of the molecule is CCCCCOc1ccccc1C(=O)NNC(=O)COc1ccc([C@@H](C)CC)cc1. The molecule has 0 spiro atoms. The van der Waals surface area contributed by atoms with Crippen LogP contribution in [-0.2, 0) is 4.79 Å². The van der Waals surface area contributed by atoms with Gasteiger partial charge in [0.2, 0.25) is 0 Å². The zero-order chi connectivity index (χ0) is 21.8. The molecule has 2 rings (SSSR count). The predicted octanol–water partition coefficient (Wildman–Crippen LogP) is 4.61. The van der Waals surface area contributed by atoms with Crippen LogP contribution in [0.15, 0.2) is 48.5 Å². The van der Waals surface area contributed by atoms with Crippen LogP contribution in [0.1, 0.15) is 68.3 Å². The quantitative estimate of drug-likeness (QED) is 0.417. The number of hydrogen-bond acceptors (Lipinski definition) is 4. The Kier molecular flexibility index (Phi) is 9.71. The third-order valence-corrected chi connectivity index (χ3v) is 4.88. The number of nitrogens with one attached hydrogen (secondary N) is 2. The summed E-state index contributed by atoms with van der Waals surface area (Å²) < 4.78 is 11.2. The normalized spacial score (nSPS) is 11.4. The summed E-state index contributed by atoms with van der Waals surface area (Å²) >= 11 is 0. The number of benzene rings is 2. The minimum Gasteiger partial charge on any atom is -0.493 e. The molecule has 0 unspecified atom stereocenters. The molecule has 2 aromatic carbocycles. The number of ether oxygens (including phenoxy) is 2. The van der Waals surface area contributed by atoms with Gasteiger partial charge in [-0.3, -0.25) is 20.4 Å². The average molecular weight is 413 g/mol. The number of amides is 2. The number of carbonyl (C=O) groups is 2. The lowest BCUT2D eigenvalue weighted by molar-refractivity contribution is -0.123. The molecule has 30 heavy (non-hydrogen) atoms. The third kappa shape index (κ3) is 7.43. The maximum atomic E-state index is 12.4. The van der Waals surface area contributed by atoms with Gasteiger partial charge in [-0.1, -0.05) is 57.9 Å². The lowest BCUT2D eigenvalue weighted by Crippen LogP contribution is -2.43. The Bertz CT molecular complexity index is 805. The van der Waals surface area contributed by atoms with Gasteiger partial charge in [0.25, 0.3) is 11.8 Å². The molecule has 0 fully saturated rings. The number of rotatable bonds is 11. The number of hydrazine groups is 1. The Morgan fingerprint density at radius 3 is 2.37 bits per heavy atom. The second-order valence-electron chi connectivity index (χ2n) is 7.22. The van der Waals surface area contributed by atoms with Crippen molar-refractivity contribution in [3.8, 4) is 11.5 Å². The van der Waals surface area contributed by atoms with Gasteiger partial charge in [0.1, 0.15) is 11.5 Å². The van der Waals surface area contributed by atoms with Crippen LogP contribution in [0.3, 0.4) is 0 Å². The number of carbonyl (C=O) groups excluding carboxylic acids is 2. The first-order valence-corrected chi connectivity index (χ1v) is 10.6. The number of para-hydroxylation sites is 1. The van der Waals surface area contributed by atoms with Gasteiger partial charge in [0, 0.05) is 0 Å². The smallest absolute Gasteiger partial charge is 0.276 e. The fourth-order valence-electron chi connectivity index (χ4n) is 2.82. The van der Waals surface area contributed by atoms with Gasteiger partial charge in [0.05, 0.1) is 12.2 Å². The molecule has 0 saturated heterocycles. The predicted molar refractivity (Wildman–Crippen MR) is 118 cm³/mol. The molecule has 0 heterocycles. The topological polar surface area (TPSA) is 76.7 Å². The first kappa shape index (κ1) is 23.3. The monoisotopic (exact) mass is 412 g/mol. The average Bonchev–Trinajstić information content (AvgIpc) is 2.79. The summed E-state index contributed by atoms with van der Waals surface area (Å²) in [5.74, 6) is 0.700. The molecule has 0 bridgehead atoms. The first-order chi connectivity index (χ1) is 14.5. The Labute approximate surface area is 178 Å². The molecule has 0 aliphatic heterocycles. The van der Waals surface area contributed by atoms with Gasteiger partial charge in [0.15, 0.2) is 6.61 Å². The van der Waals surface area contributed by atoms with Crippen molar-refractivity contribution in [2.45, 2.75) is 52.4 Å². The van der Waals surface area contributed by atoms with Crippen molar-refractivity contribution in [3.63, 3.8) is 0 Å². The maximum absolute atomic E-state index is 12.4. The van der Waals surface area contributed by atoms with E-state index < -0.39 is 11.8 Å². The molecule has 0 aliphatic rings. The zero-order valence-electron chi connectivity index (χ0n) is 18.1. The molecule has 6 heteroatoms. The van der Waals surface area contributed by atoms with Crippen LogP contribution in [-0.4, -0.2) is 25.0 Å². The summed E-state index contributed by atoms with van der Waals surface area (Å²) in [6.07, 6.45) is 4.17. The van der Waals surface area contributed by atoms with E-state index in [9.17, 15) is 9.59 Å². The molecule has 6 nitrogen and oxygen atoms in total. The van der Waals surface area contributed by atoms with E-state index in [-0.39, 0.29) is 6.61 Å². The van der Waals surface area contributed by atoms with Gasteiger partial charge in [-0.15, -0.1) is 0 Å². The second-order valence-corrected chi connectivity index (χ2v) is 7.22. The first-order valence-electron chi connectivity index (χ1n) is 10.6. The number of unbranched alkanes of at least 4 members (excludes halogenated alkanes) is 2. The van der Waals surface area contributed by atoms with Gasteiger partial charge < -0.3 is 9.47 Å². The van der Waals surface area contributed by atoms with Crippen LogP contribution < -0.4 is 20.3 Å². The number of hydrogen-bond donors (Lipinski definition) is 2. The van der Waals surface area contributed by atoms with Crippen LogP contribution in [0.25, 0.3) is 0 Å². The highest BCUT2D eigenvalue weighted by molar-refractivity contribution is 5.97. The van der Waals surface area contributed by atoms with Crippen molar-refractivity contribution >= 4 is 11.8 Å². The molecule has 0 saturated carbocycles. The van der Waals surface area contributed by atoms with E-state index >= 15 is 0 Å². The summed E-state index contributed by atoms with van der Waals surface area (Å²) in [4.78, 5) is 24.4. The fraction of sp³-hybridized carbons (Fsp3) is 0.417. The highest BCUT2D eigenvalue weighted by Gasteiger charge is 2.13. The van der Waals surface area contributed by atoms with Crippen LogP contribution >= 0.6 is 0 Å². The summed E-state index contributed by atoms with van der Waals surface area (Å²) in [5, 5.41) is 0. The lowest BCUT2D eigenvalue weighted by atomic mass is 9.99. The summed E-state index contributed by atoms with van der Waals surface area (Å²) in [7, 11) is 0. The molecule has 0 radical (unpaired) electrons. The Balaban J connectivity index is 1.80. The van der Waals surface area contributed by atoms with E-state index in [1.165, 1.54) is 5.56 Å². The van der Waals surface area contributed by atoms with Gasteiger partial charge in [-0.25, -0.2) is 0 Å². The van der Waals surface area contributed by atoms with Crippen LogP contribution in [0.2, 0.25) is 0 Å². The van der Waals surface area contributed by atoms with Gasteiger partial charge >= 0.3 is 0 Å². The fourth-order valence-corrected chi connectivity index (χ4v) is 2.82. The van der Waals surface area contributed by atoms with Gasteiger partial charge in [-0.2, -0.15) is 0 Å². The van der Waals surface area contributed by atoms with Crippen LogP contribution in [0.5, 0.6) is 11.5 Å². The van der Waals surface area contributed by atoms with Crippen molar-refractivity contribution < 1.29 is 19.1 Å². The van der Waals surface area contributed by atoms with Crippen molar-refractivity contribution in [1.29, 1.82) is 0 Å². The van der Waals surface area contributed by atoms with Crippen LogP contribution in [0.4, 0.5) is 0 Å². The zero-order valence-corrected chi connectivity index (χ0v) is 18.1.